The molecule has 12 aromatic heterocycles. The topological polar surface area (TPSA) is 511 Å². The number of urea groups is 3. The molecule has 16 heterocycles. The van der Waals surface area contributed by atoms with Gasteiger partial charge in [0.05, 0.1) is 42.2 Å². The van der Waals surface area contributed by atoms with Gasteiger partial charge in [-0.05, 0) is 160 Å². The lowest BCUT2D eigenvalue weighted by molar-refractivity contribution is -0.133. The van der Waals surface area contributed by atoms with Crippen LogP contribution in [0, 0.1) is 47.3 Å². The predicted molar refractivity (Wildman–Crippen MR) is 481 cm³/mol. The summed E-state index contributed by atoms with van der Waals surface area (Å²) in [5.41, 5.74) is 3.47. The molecule has 6 amide bonds. The van der Waals surface area contributed by atoms with E-state index in [0.29, 0.717) is 111 Å². The number of amides is 6. The number of carbonyl (C=O) groups is 6. The Morgan fingerprint density at radius 1 is 0.422 bits per heavy atom. The number of anilines is 7. The van der Waals surface area contributed by atoms with Crippen LogP contribution in [0.1, 0.15) is 89.3 Å². The Balaban J connectivity index is 0.000000119. The van der Waals surface area contributed by atoms with Gasteiger partial charge in [0.25, 0.3) is 11.6 Å². The largest absolute Gasteiger partial charge is 0.463 e. The molecule has 672 valence electrons. The first-order chi connectivity index (χ1) is 61.8. The maximum Gasteiger partial charge on any atom is 0.377 e. The summed E-state index contributed by atoms with van der Waals surface area (Å²) in [6, 6.07) is 18.1. The number of para-hydroxylation sites is 1. The van der Waals surface area contributed by atoms with Gasteiger partial charge < -0.3 is 84.0 Å². The van der Waals surface area contributed by atoms with Crippen molar-refractivity contribution in [3.8, 4) is 5.75 Å². The van der Waals surface area contributed by atoms with Crippen LogP contribution in [0.5, 0.6) is 5.75 Å². The number of ether oxygens (including phenoxy) is 3. The highest BCUT2D eigenvalue weighted by molar-refractivity contribution is 7.10. The summed E-state index contributed by atoms with van der Waals surface area (Å²) in [5.74, 6) is 7.76. The Hall–Kier alpha value is -12.5. The molecule has 21 rings (SSSR count). The van der Waals surface area contributed by atoms with Crippen molar-refractivity contribution in [1.29, 1.82) is 0 Å². The number of aliphatic hydroxyl groups is 2. The van der Waals surface area contributed by atoms with E-state index >= 15 is 0 Å². The molecule has 0 radical (unpaired) electrons. The van der Waals surface area contributed by atoms with Crippen LogP contribution in [-0.2, 0) is 33.9 Å². The number of H-pyrrole nitrogens is 4. The van der Waals surface area contributed by atoms with Crippen molar-refractivity contribution in [2.45, 2.75) is 95.2 Å². The molecule has 4 aliphatic heterocycles. The van der Waals surface area contributed by atoms with E-state index in [4.69, 9.17) is 14.9 Å². The number of nitrogens with one attached hydrogen (secondary N) is 8. The molecule has 8 fully saturated rings. The van der Waals surface area contributed by atoms with Gasteiger partial charge in [0.1, 0.15) is 95.1 Å². The molecule has 0 spiro atoms. The van der Waals surface area contributed by atoms with Gasteiger partial charge in [0, 0.05) is 151 Å². The first kappa shape index (κ1) is 88.9. The Morgan fingerprint density at radius 2 is 0.742 bits per heavy atom. The lowest BCUT2D eigenvalue weighted by atomic mass is 10.0. The van der Waals surface area contributed by atoms with Crippen LogP contribution in [0.15, 0.2) is 105 Å². The molecule has 0 bridgehead atoms. The Labute approximate surface area is 754 Å². The third-order valence-corrected chi connectivity index (χ3v) is 28.0. The van der Waals surface area contributed by atoms with Crippen LogP contribution in [0.2, 0.25) is 0 Å². The Bertz CT molecular complexity index is 5810. The zero-order chi connectivity index (χ0) is 87.9. The van der Waals surface area contributed by atoms with Crippen molar-refractivity contribution >= 4 is 177 Å². The van der Waals surface area contributed by atoms with E-state index in [1.165, 1.54) is 40.2 Å². The number of hydrogen-bond donors (Lipinski definition) is 10. The minimum atomic E-state index is -0.626. The van der Waals surface area contributed by atoms with Crippen LogP contribution in [0.3, 0.4) is 0 Å². The molecule has 4 unspecified atom stereocenters. The maximum absolute atomic E-state index is 12.7. The van der Waals surface area contributed by atoms with Gasteiger partial charge in [-0.3, -0.25) is 20.7 Å². The third kappa shape index (κ3) is 19.8. The number of esters is 3. The van der Waals surface area contributed by atoms with E-state index in [1.54, 1.807) is 49.6 Å². The molecule has 13 aromatic rings. The van der Waals surface area contributed by atoms with Gasteiger partial charge in [-0.2, -0.15) is 22.5 Å². The van der Waals surface area contributed by atoms with Crippen LogP contribution >= 0.6 is 58.5 Å². The number of aliphatic hydroxyl groups excluding tert-OH is 2. The van der Waals surface area contributed by atoms with Crippen LogP contribution in [0.25, 0.3) is 44.1 Å². The summed E-state index contributed by atoms with van der Waals surface area (Å²) in [4.78, 5) is 150. The molecule has 4 saturated carbocycles. The van der Waals surface area contributed by atoms with Crippen molar-refractivity contribution in [3.63, 3.8) is 0 Å². The molecule has 47 heteroatoms. The Kier molecular flexibility index (Phi) is 27.7. The number of methoxy groups -OCH3 is 2. The number of likely N-dealkylation sites (tertiary alicyclic amines) is 3. The number of aromatic nitrogens is 20. The average molecular weight is 1840 g/mol. The predicted octanol–water partition coefficient (Wildman–Crippen LogP) is 8.62. The maximum atomic E-state index is 12.7. The number of carbonyl (C=O) groups excluding carboxylic acids is 6. The summed E-state index contributed by atoms with van der Waals surface area (Å²) >= 11 is 4.10. The number of nitrogens with zero attached hydrogens (tertiary/aromatic N) is 23. The zero-order valence-electron chi connectivity index (χ0n) is 70.6. The minimum absolute atomic E-state index is 0. The van der Waals surface area contributed by atoms with Crippen molar-refractivity contribution in [2.24, 2.45) is 47.3 Å². The van der Waals surface area contributed by atoms with E-state index < -0.39 is 17.9 Å². The summed E-state index contributed by atoms with van der Waals surface area (Å²) in [5, 5.41) is 35.7. The quantitative estimate of drug-likeness (QED) is 0.0284. The normalized spacial score (nSPS) is 22.0. The van der Waals surface area contributed by atoms with E-state index in [1.807, 2.05) is 63.8 Å². The highest BCUT2D eigenvalue weighted by Crippen LogP contribution is 2.46. The van der Waals surface area contributed by atoms with Gasteiger partial charge in [-0.15, -0.1) is 12.4 Å². The summed E-state index contributed by atoms with van der Waals surface area (Å²) in [7, 11) is 11.0. The molecular formula is C81H96ClN31O11S4. The van der Waals surface area contributed by atoms with Crippen molar-refractivity contribution in [2.75, 3.05) is 130 Å². The molecule has 8 aliphatic rings. The van der Waals surface area contributed by atoms with Gasteiger partial charge in [-0.25, -0.2) is 78.8 Å². The zero-order valence-corrected chi connectivity index (χ0v) is 74.7. The van der Waals surface area contributed by atoms with Crippen LogP contribution in [0.4, 0.5) is 53.0 Å². The number of halogens is 1. The number of benzene rings is 1. The van der Waals surface area contributed by atoms with Gasteiger partial charge in [0.2, 0.25) is 15.4 Å². The smallest absolute Gasteiger partial charge is 0.377 e. The summed E-state index contributed by atoms with van der Waals surface area (Å²) < 4.78 is 29.8. The molecular weight excluding hydrogens is 1750 g/mol. The first-order valence-corrected chi connectivity index (χ1v) is 44.8. The molecule has 128 heavy (non-hydrogen) atoms. The lowest BCUT2D eigenvalue weighted by Gasteiger charge is -2.27. The fourth-order valence-electron chi connectivity index (χ4n) is 18.9. The Morgan fingerprint density at radius 3 is 1.08 bits per heavy atom. The molecule has 10 N–H and O–H groups in total. The first-order valence-electron chi connectivity index (χ1n) is 41.7. The van der Waals surface area contributed by atoms with Crippen molar-refractivity contribution in [3.05, 3.63) is 133 Å². The molecule has 4 aliphatic carbocycles. The van der Waals surface area contributed by atoms with Gasteiger partial charge >= 0.3 is 36.0 Å². The monoisotopic (exact) mass is 1840 g/mol. The fraction of sp³-hybridized carbons (Fsp3) is 0.457. The lowest BCUT2D eigenvalue weighted by Crippen LogP contribution is -2.36. The summed E-state index contributed by atoms with van der Waals surface area (Å²) in [6.07, 6.45) is 22.7. The van der Waals surface area contributed by atoms with E-state index in [2.05, 4.69) is 182 Å². The van der Waals surface area contributed by atoms with E-state index in [9.17, 15) is 28.8 Å². The molecule has 12 atom stereocenters. The third-order valence-electron chi connectivity index (χ3n) is 25.3. The van der Waals surface area contributed by atoms with Gasteiger partial charge in [0.15, 0.2) is 11.6 Å². The molecule has 4 saturated heterocycles. The van der Waals surface area contributed by atoms with Crippen LogP contribution < -0.4 is 45.6 Å². The highest BCUT2D eigenvalue weighted by atomic mass is 35.5. The number of fused-ring (bicyclic) bond motifs is 8. The van der Waals surface area contributed by atoms with E-state index in [-0.39, 0.29) is 61.8 Å². The van der Waals surface area contributed by atoms with Gasteiger partial charge in [-0.1, -0.05) is 18.2 Å². The second kappa shape index (κ2) is 39.8. The number of aromatic amines is 4. The second-order valence-corrected chi connectivity index (χ2v) is 35.8. The standard InChI is InChI=1S/C19H22N8O3S.2C18H22N8O2S.C14H19N5.C12H10N2O4S.ClH/c1-26(16-13-3-4-20-14(13)21-9-22-16)12-5-10-7-27(8-11(10)6-12)19(29)24-18-23-15(25-31-18)17(28)30-2;2*1-25(16-13-2-3-19-15(13)20-9-21-16)12-4-10-6-26(7-11(10)5-12)18(28)23-17-22-14(8-27)24-29-17;1-19(11-4-9-6-15-7-10(9)5-11)14-12-2-3-16-13(12)17-8-18-14;1-17-12(16)11-13-9(19-14-11)7-10(15)18-8-5-3-2-4-6-8;/h3-4,9-12H,5-8H2,1-2H3,(H,20,21,22)(H,23,24,25,29);2*2-3,9-12,27H,4-8H2,1H3,(H,19,20,21)(H,22,23,24,28);2-3,8-11,15H,4-7H2,1H3,(H,16,17,18);2-6H,7H2,1H3;1H/t3*10-,11+,12?;9-,10+,11?;;. The SMILES string of the molecule is CN(c1ncnc2[nH]ccc12)C1C[C@@H]2CN(C(=O)Nc3nc(CO)ns3)C[C@@H]2C1.CN(c1ncnc2[nH]ccc12)C1C[C@@H]2CN(C(=O)Nc3nc(CO)ns3)C[C@@H]2C1.CN(c1ncnc2[nH]ccc12)C1C[C@H]2CNC[C@H]2C1.COC(=O)c1nsc(CC(=O)Oc2ccccc2)n1.COC(=O)c1nsc(NC(=O)N2C[C@H]3CC(N(C)c4ncnc5[nH]ccc45)C[C@H]3C2)n1.Cl. The fourth-order valence-corrected chi connectivity index (χ4v) is 21.2. The minimum Gasteiger partial charge on any atom is -0.463 e. The number of rotatable bonds is 18. The number of hydrogen-bond acceptors (Lipinski definition) is 36. The van der Waals surface area contributed by atoms with E-state index in [0.717, 1.165) is 190 Å². The second-order valence-electron chi connectivity index (χ2n) is 32.7. The molecule has 42 nitrogen and oxygen atoms in total. The van der Waals surface area contributed by atoms with Crippen LogP contribution in [-0.4, -0.2) is 277 Å². The molecule has 1 aromatic carbocycles. The summed E-state index contributed by atoms with van der Waals surface area (Å²) in [6.45, 7) is 6.32. The highest BCUT2D eigenvalue weighted by Gasteiger charge is 2.48. The van der Waals surface area contributed by atoms with Crippen molar-refractivity contribution in [1.82, 2.24) is 117 Å². The average Bonchev–Trinajstić information content (AvgIpc) is 1.63. The van der Waals surface area contributed by atoms with Crippen molar-refractivity contribution < 1.29 is 53.2 Å².